The summed E-state index contributed by atoms with van der Waals surface area (Å²) in [5, 5.41) is 0.806. The molecule has 2 N–H and O–H groups in total. The van der Waals surface area contributed by atoms with Crippen molar-refractivity contribution in [3.63, 3.8) is 0 Å². The van der Waals surface area contributed by atoms with Crippen molar-refractivity contribution in [2.75, 3.05) is 13.2 Å². The van der Waals surface area contributed by atoms with Crippen LogP contribution in [0.2, 0.25) is 5.02 Å². The number of hydrogen-bond donors (Lipinski definition) is 1. The van der Waals surface area contributed by atoms with Crippen molar-refractivity contribution in [1.82, 2.24) is 0 Å². The first kappa shape index (κ1) is 11.9. The SMILES string of the molecule is Cc1ccc(C(N)C2CCOCC2)cc1Cl. The monoisotopic (exact) mass is 239 g/mol. The van der Waals surface area contributed by atoms with Gasteiger partial charge in [-0.05, 0) is 42.9 Å². The Bertz CT molecular complexity index is 361. The molecule has 0 saturated carbocycles. The van der Waals surface area contributed by atoms with E-state index in [9.17, 15) is 0 Å². The number of rotatable bonds is 2. The van der Waals surface area contributed by atoms with Gasteiger partial charge in [0.25, 0.3) is 0 Å². The first-order valence-electron chi connectivity index (χ1n) is 5.78. The van der Waals surface area contributed by atoms with Gasteiger partial charge in [0.2, 0.25) is 0 Å². The minimum atomic E-state index is 0.0852. The van der Waals surface area contributed by atoms with E-state index in [0.29, 0.717) is 5.92 Å². The van der Waals surface area contributed by atoms with Gasteiger partial charge in [-0.1, -0.05) is 23.7 Å². The molecule has 88 valence electrons. The predicted molar refractivity (Wildman–Crippen MR) is 66.7 cm³/mol. The molecule has 0 bridgehead atoms. The summed E-state index contributed by atoms with van der Waals surface area (Å²) in [6, 6.07) is 6.21. The molecule has 3 heteroatoms. The van der Waals surface area contributed by atoms with E-state index >= 15 is 0 Å². The summed E-state index contributed by atoms with van der Waals surface area (Å²) < 4.78 is 5.35. The van der Waals surface area contributed by atoms with Crippen molar-refractivity contribution in [2.24, 2.45) is 11.7 Å². The van der Waals surface area contributed by atoms with Crippen molar-refractivity contribution in [2.45, 2.75) is 25.8 Å². The first-order valence-corrected chi connectivity index (χ1v) is 6.15. The Hall–Kier alpha value is -0.570. The number of nitrogens with two attached hydrogens (primary N) is 1. The Labute approximate surface area is 102 Å². The number of aryl methyl sites for hydroxylation is 1. The molecule has 0 aromatic heterocycles. The lowest BCUT2D eigenvalue weighted by Crippen LogP contribution is -2.27. The van der Waals surface area contributed by atoms with E-state index in [2.05, 4.69) is 6.07 Å². The van der Waals surface area contributed by atoms with Gasteiger partial charge >= 0.3 is 0 Å². The normalized spacial score (nSPS) is 19.7. The second kappa shape index (κ2) is 5.17. The van der Waals surface area contributed by atoms with Crippen LogP contribution >= 0.6 is 11.6 Å². The summed E-state index contributed by atoms with van der Waals surface area (Å²) in [4.78, 5) is 0. The van der Waals surface area contributed by atoms with Gasteiger partial charge in [-0.2, -0.15) is 0 Å². The number of benzene rings is 1. The van der Waals surface area contributed by atoms with Crippen LogP contribution in [-0.4, -0.2) is 13.2 Å². The Morgan fingerprint density at radius 2 is 2.06 bits per heavy atom. The molecule has 1 heterocycles. The van der Waals surface area contributed by atoms with Crippen LogP contribution in [-0.2, 0) is 4.74 Å². The van der Waals surface area contributed by atoms with Crippen LogP contribution in [0.4, 0.5) is 0 Å². The summed E-state index contributed by atoms with van der Waals surface area (Å²) in [5.74, 6) is 0.521. The molecule has 0 radical (unpaired) electrons. The van der Waals surface area contributed by atoms with E-state index < -0.39 is 0 Å². The van der Waals surface area contributed by atoms with Crippen LogP contribution in [0.15, 0.2) is 18.2 Å². The molecule has 1 saturated heterocycles. The maximum Gasteiger partial charge on any atom is 0.0469 e. The molecule has 1 atom stereocenters. The minimum Gasteiger partial charge on any atom is -0.381 e. The van der Waals surface area contributed by atoms with Gasteiger partial charge in [0.15, 0.2) is 0 Å². The van der Waals surface area contributed by atoms with Crippen LogP contribution in [0.5, 0.6) is 0 Å². The Kier molecular flexibility index (Phi) is 3.85. The van der Waals surface area contributed by atoms with Crippen LogP contribution in [0.1, 0.15) is 30.0 Å². The molecule has 2 nitrogen and oxygen atoms in total. The lowest BCUT2D eigenvalue weighted by molar-refractivity contribution is 0.0584. The second-order valence-corrected chi connectivity index (χ2v) is 4.89. The molecule has 0 spiro atoms. The summed E-state index contributed by atoms with van der Waals surface area (Å²) in [6.07, 6.45) is 2.10. The lowest BCUT2D eigenvalue weighted by atomic mass is 9.87. The molecule has 1 aliphatic rings. The van der Waals surface area contributed by atoms with Crippen molar-refractivity contribution in [1.29, 1.82) is 0 Å². The summed E-state index contributed by atoms with van der Waals surface area (Å²) in [6.45, 7) is 3.67. The molecule has 0 amide bonds. The molecule has 1 fully saturated rings. The molecule has 2 rings (SSSR count). The van der Waals surface area contributed by atoms with Crippen molar-refractivity contribution < 1.29 is 4.74 Å². The van der Waals surface area contributed by atoms with E-state index in [1.54, 1.807) is 0 Å². The average molecular weight is 240 g/mol. The van der Waals surface area contributed by atoms with Gasteiger partial charge in [-0.15, -0.1) is 0 Å². The van der Waals surface area contributed by atoms with E-state index in [-0.39, 0.29) is 6.04 Å². The number of halogens is 1. The van der Waals surface area contributed by atoms with Crippen LogP contribution in [0.25, 0.3) is 0 Å². The van der Waals surface area contributed by atoms with Crippen LogP contribution in [0.3, 0.4) is 0 Å². The van der Waals surface area contributed by atoms with Gasteiger partial charge in [0.1, 0.15) is 0 Å². The van der Waals surface area contributed by atoms with Gasteiger partial charge in [0.05, 0.1) is 0 Å². The molecule has 1 aromatic rings. The number of ether oxygens (including phenoxy) is 1. The molecule has 1 aliphatic heterocycles. The van der Waals surface area contributed by atoms with Crippen molar-refractivity contribution >= 4 is 11.6 Å². The molecule has 0 aliphatic carbocycles. The molecular formula is C13H18ClNO. The Morgan fingerprint density at radius 1 is 1.38 bits per heavy atom. The highest BCUT2D eigenvalue weighted by Crippen LogP contribution is 2.30. The summed E-state index contributed by atoms with van der Waals surface area (Å²) in [7, 11) is 0. The Balaban J connectivity index is 2.12. The smallest absolute Gasteiger partial charge is 0.0469 e. The third kappa shape index (κ3) is 2.57. The van der Waals surface area contributed by atoms with E-state index in [4.69, 9.17) is 22.1 Å². The Morgan fingerprint density at radius 3 is 2.69 bits per heavy atom. The largest absolute Gasteiger partial charge is 0.381 e. The molecule has 16 heavy (non-hydrogen) atoms. The van der Waals surface area contributed by atoms with Gasteiger partial charge in [-0.25, -0.2) is 0 Å². The maximum absolute atomic E-state index is 6.27. The summed E-state index contributed by atoms with van der Waals surface area (Å²) >= 11 is 6.12. The fraction of sp³-hybridized carbons (Fsp3) is 0.538. The molecule has 1 unspecified atom stereocenters. The van der Waals surface area contributed by atoms with Gasteiger partial charge in [0, 0.05) is 24.3 Å². The van der Waals surface area contributed by atoms with Crippen LogP contribution in [0, 0.1) is 12.8 Å². The lowest BCUT2D eigenvalue weighted by Gasteiger charge is -2.28. The zero-order valence-electron chi connectivity index (χ0n) is 9.58. The first-order chi connectivity index (χ1) is 7.68. The van der Waals surface area contributed by atoms with E-state index in [1.165, 1.54) is 0 Å². The predicted octanol–water partition coefficient (Wildman–Crippen LogP) is 3.07. The van der Waals surface area contributed by atoms with Gasteiger partial charge in [-0.3, -0.25) is 0 Å². The van der Waals surface area contributed by atoms with Crippen LogP contribution < -0.4 is 5.73 Å². The quantitative estimate of drug-likeness (QED) is 0.861. The third-order valence-corrected chi connectivity index (χ3v) is 3.76. The third-order valence-electron chi connectivity index (χ3n) is 3.35. The average Bonchev–Trinajstić information content (AvgIpc) is 2.33. The minimum absolute atomic E-state index is 0.0852. The zero-order chi connectivity index (χ0) is 11.5. The topological polar surface area (TPSA) is 35.2 Å². The fourth-order valence-corrected chi connectivity index (χ4v) is 2.35. The molecular weight excluding hydrogens is 222 g/mol. The highest BCUT2D eigenvalue weighted by atomic mass is 35.5. The standard InChI is InChI=1S/C13H18ClNO/c1-9-2-3-11(8-12(9)14)13(15)10-4-6-16-7-5-10/h2-3,8,10,13H,4-7,15H2,1H3. The second-order valence-electron chi connectivity index (χ2n) is 4.48. The highest BCUT2D eigenvalue weighted by Gasteiger charge is 2.22. The van der Waals surface area contributed by atoms with Crippen molar-refractivity contribution in [3.8, 4) is 0 Å². The van der Waals surface area contributed by atoms with E-state index in [1.807, 2.05) is 19.1 Å². The van der Waals surface area contributed by atoms with E-state index in [0.717, 1.165) is 42.2 Å². The zero-order valence-corrected chi connectivity index (χ0v) is 10.3. The van der Waals surface area contributed by atoms with Gasteiger partial charge < -0.3 is 10.5 Å². The molecule has 1 aromatic carbocycles. The fourth-order valence-electron chi connectivity index (χ4n) is 2.16. The highest BCUT2D eigenvalue weighted by molar-refractivity contribution is 6.31. The number of hydrogen-bond acceptors (Lipinski definition) is 2. The van der Waals surface area contributed by atoms with Crippen molar-refractivity contribution in [3.05, 3.63) is 34.3 Å². The summed E-state index contributed by atoms with van der Waals surface area (Å²) in [5.41, 5.74) is 8.52. The maximum atomic E-state index is 6.27.